The maximum atomic E-state index is 6.44. The maximum Gasteiger partial charge on any atom is 0.179 e. The molecule has 130 valence electrons. The second-order valence-corrected chi connectivity index (χ2v) is 6.44. The van der Waals surface area contributed by atoms with E-state index in [1.165, 1.54) is 5.56 Å². The van der Waals surface area contributed by atoms with Gasteiger partial charge in [0.05, 0.1) is 18.7 Å². The molecule has 2 rings (SSSR count). The molecule has 6 heteroatoms. The predicted octanol–water partition coefficient (Wildman–Crippen LogP) is 2.26. The highest BCUT2D eigenvalue weighted by atomic mass is 35.5. The van der Waals surface area contributed by atoms with Crippen LogP contribution in [0.1, 0.15) is 18.5 Å². The van der Waals surface area contributed by atoms with Crippen LogP contribution in [0.2, 0.25) is 5.02 Å². The normalized spacial score (nSPS) is 17.3. The van der Waals surface area contributed by atoms with Gasteiger partial charge < -0.3 is 19.7 Å². The molecule has 1 atom stereocenters. The minimum absolute atomic E-state index is 0.287. The Kier molecular flexibility index (Phi) is 6.96. The van der Waals surface area contributed by atoms with Crippen molar-refractivity contribution in [1.29, 1.82) is 0 Å². The van der Waals surface area contributed by atoms with Gasteiger partial charge >= 0.3 is 0 Å². The second-order valence-electron chi connectivity index (χ2n) is 6.03. The van der Waals surface area contributed by atoms with Gasteiger partial charge in [-0.3, -0.25) is 4.90 Å². The summed E-state index contributed by atoms with van der Waals surface area (Å²) in [5, 5.41) is 4.01. The summed E-state index contributed by atoms with van der Waals surface area (Å²) >= 11 is 6.44. The SMILES string of the molecule is CCOc1cc(C(CN(C)C)N2CCNCC2)cc(Cl)c1OC. The van der Waals surface area contributed by atoms with Crippen molar-refractivity contribution in [3.63, 3.8) is 0 Å². The quantitative estimate of drug-likeness (QED) is 0.823. The smallest absolute Gasteiger partial charge is 0.179 e. The van der Waals surface area contributed by atoms with Crippen LogP contribution in [0.5, 0.6) is 11.5 Å². The molecular weight excluding hydrogens is 314 g/mol. The topological polar surface area (TPSA) is 37.0 Å². The Bertz CT molecular complexity index is 505. The molecule has 1 aromatic rings. The molecule has 1 saturated heterocycles. The molecule has 1 aromatic carbocycles. The first kappa shape index (κ1) is 18.3. The molecule has 0 radical (unpaired) electrons. The second kappa shape index (κ2) is 8.73. The van der Waals surface area contributed by atoms with E-state index in [2.05, 4.69) is 35.3 Å². The molecule has 5 nitrogen and oxygen atoms in total. The third kappa shape index (κ3) is 4.73. The first-order valence-corrected chi connectivity index (χ1v) is 8.54. The summed E-state index contributed by atoms with van der Waals surface area (Å²) in [7, 11) is 5.82. The van der Waals surface area contributed by atoms with Crippen molar-refractivity contribution in [3.05, 3.63) is 22.7 Å². The fourth-order valence-corrected chi connectivity index (χ4v) is 3.31. The van der Waals surface area contributed by atoms with Gasteiger partial charge in [-0.2, -0.15) is 0 Å². The van der Waals surface area contributed by atoms with E-state index in [-0.39, 0.29) is 6.04 Å². The van der Waals surface area contributed by atoms with Gasteiger partial charge in [-0.15, -0.1) is 0 Å². The highest BCUT2D eigenvalue weighted by Crippen LogP contribution is 2.39. The number of hydrogen-bond donors (Lipinski definition) is 1. The van der Waals surface area contributed by atoms with E-state index < -0.39 is 0 Å². The molecule has 0 aromatic heterocycles. The van der Waals surface area contributed by atoms with Crippen LogP contribution < -0.4 is 14.8 Å². The number of halogens is 1. The molecule has 1 unspecified atom stereocenters. The lowest BCUT2D eigenvalue weighted by Crippen LogP contribution is -2.47. The van der Waals surface area contributed by atoms with Crippen LogP contribution in [0.4, 0.5) is 0 Å². The van der Waals surface area contributed by atoms with Gasteiger partial charge in [0.1, 0.15) is 0 Å². The molecule has 0 aliphatic carbocycles. The molecule has 0 spiro atoms. The zero-order chi connectivity index (χ0) is 16.8. The van der Waals surface area contributed by atoms with E-state index in [1.807, 2.05) is 13.0 Å². The number of ether oxygens (including phenoxy) is 2. The molecule has 1 N–H and O–H groups in total. The van der Waals surface area contributed by atoms with Crippen molar-refractivity contribution in [2.75, 3.05) is 60.5 Å². The summed E-state index contributed by atoms with van der Waals surface area (Å²) < 4.78 is 11.1. The van der Waals surface area contributed by atoms with Gasteiger partial charge in [0, 0.05) is 38.8 Å². The number of benzene rings is 1. The van der Waals surface area contributed by atoms with Gasteiger partial charge in [-0.25, -0.2) is 0 Å². The van der Waals surface area contributed by atoms with Crippen molar-refractivity contribution in [3.8, 4) is 11.5 Å². The Morgan fingerprint density at radius 2 is 2.00 bits per heavy atom. The van der Waals surface area contributed by atoms with Crippen molar-refractivity contribution in [2.45, 2.75) is 13.0 Å². The highest BCUT2D eigenvalue weighted by molar-refractivity contribution is 6.32. The van der Waals surface area contributed by atoms with E-state index in [1.54, 1.807) is 7.11 Å². The van der Waals surface area contributed by atoms with Gasteiger partial charge in [-0.1, -0.05) is 11.6 Å². The molecule has 1 aliphatic rings. The summed E-state index contributed by atoms with van der Waals surface area (Å²) in [5.74, 6) is 1.33. The van der Waals surface area contributed by atoms with Gasteiger partial charge in [0.15, 0.2) is 11.5 Å². The van der Waals surface area contributed by atoms with Gasteiger partial charge in [-0.05, 0) is 38.7 Å². The minimum Gasteiger partial charge on any atom is -0.491 e. The minimum atomic E-state index is 0.287. The highest BCUT2D eigenvalue weighted by Gasteiger charge is 2.25. The third-order valence-electron chi connectivity index (χ3n) is 4.05. The first-order chi connectivity index (χ1) is 11.1. The van der Waals surface area contributed by atoms with Crippen LogP contribution in [0.25, 0.3) is 0 Å². The van der Waals surface area contributed by atoms with Crippen LogP contribution in [0.15, 0.2) is 12.1 Å². The van der Waals surface area contributed by atoms with E-state index >= 15 is 0 Å². The van der Waals surface area contributed by atoms with E-state index in [0.29, 0.717) is 17.4 Å². The number of nitrogens with one attached hydrogen (secondary N) is 1. The number of rotatable bonds is 7. The fraction of sp³-hybridized carbons (Fsp3) is 0.647. The molecule has 1 aliphatic heterocycles. The Labute approximate surface area is 144 Å². The van der Waals surface area contributed by atoms with Gasteiger partial charge in [0.25, 0.3) is 0 Å². The predicted molar refractivity (Wildman–Crippen MR) is 94.9 cm³/mol. The van der Waals surface area contributed by atoms with Crippen molar-refractivity contribution in [1.82, 2.24) is 15.1 Å². The summed E-state index contributed by atoms with van der Waals surface area (Å²) in [5.41, 5.74) is 1.18. The largest absolute Gasteiger partial charge is 0.491 e. The van der Waals surface area contributed by atoms with E-state index in [9.17, 15) is 0 Å². The van der Waals surface area contributed by atoms with Crippen molar-refractivity contribution >= 4 is 11.6 Å². The molecule has 1 heterocycles. The van der Waals surface area contributed by atoms with Crippen LogP contribution in [-0.4, -0.2) is 70.3 Å². The van der Waals surface area contributed by atoms with Crippen molar-refractivity contribution < 1.29 is 9.47 Å². The van der Waals surface area contributed by atoms with Crippen LogP contribution in [0.3, 0.4) is 0 Å². The maximum absolute atomic E-state index is 6.44. The van der Waals surface area contributed by atoms with Crippen LogP contribution in [-0.2, 0) is 0 Å². The molecule has 23 heavy (non-hydrogen) atoms. The molecule has 0 bridgehead atoms. The number of hydrogen-bond acceptors (Lipinski definition) is 5. The standard InChI is InChI=1S/C17H28ClN3O2/c1-5-23-16-11-13(10-14(18)17(16)22-4)15(12-20(2)3)21-8-6-19-7-9-21/h10-11,15,19H,5-9,12H2,1-4H3. The summed E-state index contributed by atoms with van der Waals surface area (Å²) in [4.78, 5) is 4.72. The molecule has 0 saturated carbocycles. The Balaban J connectivity index is 2.36. The summed E-state index contributed by atoms with van der Waals surface area (Å²) in [6.07, 6.45) is 0. The van der Waals surface area contributed by atoms with Crippen LogP contribution >= 0.6 is 11.6 Å². The Hall–Kier alpha value is -1.01. The summed E-state index contributed by atoms with van der Waals surface area (Å²) in [6.45, 7) is 7.60. The lowest BCUT2D eigenvalue weighted by Gasteiger charge is -2.37. The third-order valence-corrected chi connectivity index (χ3v) is 4.33. The average Bonchev–Trinajstić information content (AvgIpc) is 2.53. The number of methoxy groups -OCH3 is 1. The Morgan fingerprint density at radius 1 is 1.30 bits per heavy atom. The van der Waals surface area contributed by atoms with Crippen LogP contribution in [0, 0.1) is 0 Å². The molecule has 1 fully saturated rings. The van der Waals surface area contributed by atoms with Crippen molar-refractivity contribution in [2.24, 2.45) is 0 Å². The first-order valence-electron chi connectivity index (χ1n) is 8.16. The molecular formula is C17H28ClN3O2. The molecule has 0 amide bonds. The average molecular weight is 342 g/mol. The lowest BCUT2D eigenvalue weighted by atomic mass is 10.0. The fourth-order valence-electron chi connectivity index (χ4n) is 3.01. The number of nitrogens with zero attached hydrogens (tertiary/aromatic N) is 2. The Morgan fingerprint density at radius 3 is 2.57 bits per heavy atom. The van der Waals surface area contributed by atoms with E-state index in [4.69, 9.17) is 21.1 Å². The lowest BCUT2D eigenvalue weighted by molar-refractivity contribution is 0.144. The zero-order valence-corrected chi connectivity index (χ0v) is 15.3. The monoisotopic (exact) mass is 341 g/mol. The summed E-state index contributed by atoms with van der Waals surface area (Å²) in [6, 6.07) is 4.37. The van der Waals surface area contributed by atoms with Gasteiger partial charge in [0.2, 0.25) is 0 Å². The number of likely N-dealkylation sites (N-methyl/N-ethyl adjacent to an activating group) is 1. The van der Waals surface area contributed by atoms with E-state index in [0.717, 1.165) is 38.5 Å². The zero-order valence-electron chi connectivity index (χ0n) is 14.6. The number of piperazine rings is 1.